The van der Waals surface area contributed by atoms with Crippen LogP contribution in [0.2, 0.25) is 0 Å². The second-order valence-electron chi connectivity index (χ2n) is 3.20. The third-order valence-electron chi connectivity index (χ3n) is 2.26. The lowest BCUT2D eigenvalue weighted by Gasteiger charge is -2.24. The van der Waals surface area contributed by atoms with Crippen LogP contribution in [0, 0.1) is 11.3 Å². The van der Waals surface area contributed by atoms with Gasteiger partial charge in [-0.15, -0.1) is 0 Å². The molecule has 1 fully saturated rings. The van der Waals surface area contributed by atoms with Gasteiger partial charge in [0.2, 0.25) is 0 Å². The Balaban J connectivity index is 2.33. The summed E-state index contributed by atoms with van der Waals surface area (Å²) in [7, 11) is 0. The summed E-state index contributed by atoms with van der Waals surface area (Å²) in [5, 5.41) is 7.20. The topological polar surface area (TPSA) is 54.3 Å². The molecule has 0 spiro atoms. The monoisotopic (exact) mass is 142 g/mol. The van der Waals surface area contributed by atoms with Crippen LogP contribution < -0.4 is 10.6 Å². The second kappa shape index (κ2) is 3.01. The van der Waals surface area contributed by atoms with Crippen molar-refractivity contribution in [3.8, 4) is 0 Å². The maximum Gasteiger partial charge on any atom is 0.290 e. The molecule has 0 aromatic heterocycles. The molecule has 0 aromatic rings. The summed E-state index contributed by atoms with van der Waals surface area (Å²) in [6, 6.07) is 0. The summed E-state index contributed by atoms with van der Waals surface area (Å²) >= 11 is 0. The molecular weight excluding hydrogens is 126 g/mol. The van der Waals surface area contributed by atoms with E-state index in [4.69, 9.17) is 11.1 Å². The maximum atomic E-state index is 7.20. The average Bonchev–Trinajstić information content (AvgIpc) is 1.88. The number of hydrogen-bond acceptors (Lipinski definition) is 1. The minimum atomic E-state index is 0.312. The number of nitrogens with two attached hydrogens (primary N) is 1. The lowest BCUT2D eigenvalue weighted by atomic mass is 10.00. The minimum Gasteiger partial charge on any atom is -0.338 e. The molecule has 58 valence electrons. The van der Waals surface area contributed by atoms with Crippen molar-refractivity contribution in [2.75, 3.05) is 13.1 Å². The van der Waals surface area contributed by atoms with Crippen molar-refractivity contribution in [1.29, 1.82) is 5.41 Å². The van der Waals surface area contributed by atoms with E-state index in [9.17, 15) is 0 Å². The summed E-state index contributed by atoms with van der Waals surface area (Å²) in [5.74, 6) is 1.15. The Morgan fingerprint density at radius 2 is 2.00 bits per heavy atom. The first-order chi connectivity index (χ1) is 4.70. The maximum absolute atomic E-state index is 7.20. The highest BCUT2D eigenvalue weighted by Crippen LogP contribution is 2.06. The molecule has 1 aliphatic rings. The van der Waals surface area contributed by atoms with Gasteiger partial charge in [-0.1, -0.05) is 6.92 Å². The van der Waals surface area contributed by atoms with Gasteiger partial charge in [0.1, 0.15) is 0 Å². The lowest BCUT2D eigenvalue weighted by Crippen LogP contribution is -3.17. The summed E-state index contributed by atoms with van der Waals surface area (Å²) in [5.41, 5.74) is 5.36. The molecule has 4 N–H and O–H groups in total. The third-order valence-corrected chi connectivity index (χ3v) is 2.26. The molecule has 10 heavy (non-hydrogen) atoms. The van der Waals surface area contributed by atoms with Crippen LogP contribution in [0.15, 0.2) is 0 Å². The van der Waals surface area contributed by atoms with Gasteiger partial charge < -0.3 is 5.73 Å². The molecular formula is C7H16N3+. The Bertz CT molecular complexity index is 125. The van der Waals surface area contributed by atoms with Crippen molar-refractivity contribution in [3.63, 3.8) is 0 Å². The molecule has 0 atom stereocenters. The molecule has 1 aliphatic heterocycles. The molecule has 3 heteroatoms. The van der Waals surface area contributed by atoms with Crippen LogP contribution in [-0.2, 0) is 0 Å². The smallest absolute Gasteiger partial charge is 0.290 e. The Hall–Kier alpha value is -0.570. The molecule has 1 saturated heterocycles. The molecule has 0 radical (unpaired) electrons. The van der Waals surface area contributed by atoms with Gasteiger partial charge in [-0.2, -0.15) is 0 Å². The number of quaternary nitrogens is 1. The summed E-state index contributed by atoms with van der Waals surface area (Å²) in [4.78, 5) is 1.16. The SMILES string of the molecule is CC1CC[NH+](C(=N)N)CC1. The molecule has 1 rings (SSSR count). The largest absolute Gasteiger partial charge is 0.338 e. The molecule has 0 saturated carbocycles. The van der Waals surface area contributed by atoms with Crippen LogP contribution in [0.4, 0.5) is 0 Å². The lowest BCUT2D eigenvalue weighted by molar-refractivity contribution is -0.815. The number of hydrogen-bond donors (Lipinski definition) is 3. The van der Waals surface area contributed by atoms with E-state index in [0.717, 1.165) is 23.9 Å². The zero-order chi connectivity index (χ0) is 7.56. The van der Waals surface area contributed by atoms with Gasteiger partial charge in [-0.05, 0) is 18.8 Å². The standard InChI is InChI=1S/C7H15N3/c1-6-2-4-10(5-3-6)7(8)9/h6H,2-5H2,1H3,(H3,8,9)/p+1. The average molecular weight is 142 g/mol. The fraction of sp³-hybridized carbons (Fsp3) is 0.857. The first-order valence-corrected chi connectivity index (χ1v) is 3.89. The molecule has 0 bridgehead atoms. The zero-order valence-corrected chi connectivity index (χ0v) is 6.48. The van der Waals surface area contributed by atoms with Crippen molar-refractivity contribution in [2.24, 2.45) is 11.7 Å². The van der Waals surface area contributed by atoms with Gasteiger partial charge in [0, 0.05) is 0 Å². The van der Waals surface area contributed by atoms with Crippen LogP contribution in [-0.4, -0.2) is 19.0 Å². The van der Waals surface area contributed by atoms with E-state index in [1.54, 1.807) is 0 Å². The Labute approximate surface area is 61.7 Å². The van der Waals surface area contributed by atoms with E-state index in [0.29, 0.717) is 5.96 Å². The van der Waals surface area contributed by atoms with Gasteiger partial charge in [0.05, 0.1) is 13.1 Å². The Morgan fingerprint density at radius 3 is 2.40 bits per heavy atom. The van der Waals surface area contributed by atoms with Crippen molar-refractivity contribution in [3.05, 3.63) is 0 Å². The van der Waals surface area contributed by atoms with Gasteiger partial charge >= 0.3 is 0 Å². The van der Waals surface area contributed by atoms with Crippen molar-refractivity contribution in [1.82, 2.24) is 0 Å². The molecule has 0 unspecified atom stereocenters. The highest BCUT2D eigenvalue weighted by Gasteiger charge is 2.20. The summed E-state index contributed by atoms with van der Waals surface area (Å²) in [6.45, 7) is 4.36. The number of guanidine groups is 1. The van der Waals surface area contributed by atoms with E-state index in [2.05, 4.69) is 6.92 Å². The van der Waals surface area contributed by atoms with Gasteiger partial charge in [-0.3, -0.25) is 4.90 Å². The first kappa shape index (κ1) is 7.54. The van der Waals surface area contributed by atoms with Crippen molar-refractivity contribution < 1.29 is 4.90 Å². The van der Waals surface area contributed by atoms with E-state index < -0.39 is 0 Å². The molecule has 0 amide bonds. The molecule has 0 aliphatic carbocycles. The quantitative estimate of drug-likeness (QED) is 0.301. The number of likely N-dealkylation sites (tertiary alicyclic amines) is 1. The summed E-state index contributed by atoms with van der Waals surface area (Å²) < 4.78 is 0. The fourth-order valence-electron chi connectivity index (χ4n) is 1.38. The normalized spacial score (nSPS) is 33.7. The predicted molar refractivity (Wildman–Crippen MR) is 41.0 cm³/mol. The highest BCUT2D eigenvalue weighted by molar-refractivity contribution is 5.64. The Kier molecular flexibility index (Phi) is 2.27. The van der Waals surface area contributed by atoms with Gasteiger partial charge in [0.25, 0.3) is 5.96 Å². The predicted octanol–water partition coefficient (Wildman–Crippen LogP) is -0.805. The van der Waals surface area contributed by atoms with E-state index in [1.165, 1.54) is 12.8 Å². The number of nitrogens with one attached hydrogen (secondary N) is 2. The van der Waals surface area contributed by atoms with Crippen LogP contribution in [0.5, 0.6) is 0 Å². The highest BCUT2D eigenvalue weighted by atomic mass is 15.2. The minimum absolute atomic E-state index is 0.312. The van der Waals surface area contributed by atoms with Gasteiger partial charge in [0.15, 0.2) is 0 Å². The van der Waals surface area contributed by atoms with Crippen molar-refractivity contribution >= 4 is 5.96 Å². The second-order valence-corrected chi connectivity index (χ2v) is 3.20. The van der Waals surface area contributed by atoms with E-state index >= 15 is 0 Å². The summed E-state index contributed by atoms with van der Waals surface area (Å²) in [6.07, 6.45) is 2.43. The third kappa shape index (κ3) is 1.70. The molecule has 0 aromatic carbocycles. The van der Waals surface area contributed by atoms with E-state index in [-0.39, 0.29) is 0 Å². The molecule has 1 heterocycles. The fourth-order valence-corrected chi connectivity index (χ4v) is 1.38. The van der Waals surface area contributed by atoms with Gasteiger partial charge in [-0.25, -0.2) is 5.41 Å². The Morgan fingerprint density at radius 1 is 1.50 bits per heavy atom. The van der Waals surface area contributed by atoms with Crippen LogP contribution in [0.25, 0.3) is 0 Å². The number of piperidine rings is 1. The van der Waals surface area contributed by atoms with Crippen molar-refractivity contribution in [2.45, 2.75) is 19.8 Å². The molecule has 3 nitrogen and oxygen atoms in total. The van der Waals surface area contributed by atoms with Crippen LogP contribution in [0.3, 0.4) is 0 Å². The van der Waals surface area contributed by atoms with Crippen LogP contribution in [0.1, 0.15) is 19.8 Å². The zero-order valence-electron chi connectivity index (χ0n) is 6.48. The van der Waals surface area contributed by atoms with Crippen LogP contribution >= 0.6 is 0 Å². The first-order valence-electron chi connectivity index (χ1n) is 3.89. The number of rotatable bonds is 0. The van der Waals surface area contributed by atoms with E-state index in [1.807, 2.05) is 0 Å².